The summed E-state index contributed by atoms with van der Waals surface area (Å²) in [5.74, 6) is -0.620. The number of hydrogen-bond donors (Lipinski definition) is 1. The molecule has 0 atom stereocenters. The van der Waals surface area contributed by atoms with Gasteiger partial charge in [-0.25, -0.2) is 17.9 Å². The van der Waals surface area contributed by atoms with Crippen LogP contribution in [0.15, 0.2) is 48.7 Å². The van der Waals surface area contributed by atoms with Gasteiger partial charge in [-0.05, 0) is 31.2 Å². The highest BCUT2D eigenvalue weighted by molar-refractivity contribution is 5.91. The molecule has 0 radical (unpaired) electrons. The fraction of sp³-hybridized carbons (Fsp3) is 0.158. The summed E-state index contributed by atoms with van der Waals surface area (Å²) in [7, 11) is 0. The van der Waals surface area contributed by atoms with Crippen LogP contribution in [0.1, 0.15) is 5.69 Å². The Hall–Kier alpha value is -3.29. The van der Waals surface area contributed by atoms with Gasteiger partial charge >= 0.3 is 0 Å². The molecule has 4 rings (SSSR count). The van der Waals surface area contributed by atoms with Crippen LogP contribution >= 0.6 is 0 Å². The first-order valence-corrected chi connectivity index (χ1v) is 8.23. The number of halogens is 3. The quantitative estimate of drug-likeness (QED) is 0.581. The van der Waals surface area contributed by atoms with Gasteiger partial charge in [0.05, 0.1) is 12.2 Å². The van der Waals surface area contributed by atoms with Crippen molar-refractivity contribution in [1.82, 2.24) is 19.6 Å². The average Bonchev–Trinajstić information content (AvgIpc) is 3.15. The first-order chi connectivity index (χ1) is 13.0. The van der Waals surface area contributed by atoms with E-state index in [9.17, 15) is 18.3 Å². The number of aromatic nitrogens is 4. The topological polar surface area (TPSA) is 55.9 Å². The Kier molecular flexibility index (Phi) is 4.10. The highest BCUT2D eigenvalue weighted by atomic mass is 19.3. The van der Waals surface area contributed by atoms with Crippen molar-refractivity contribution in [2.45, 2.75) is 19.9 Å². The fourth-order valence-electron chi connectivity index (χ4n) is 3.14. The van der Waals surface area contributed by atoms with E-state index in [1.54, 1.807) is 43.3 Å². The van der Waals surface area contributed by atoms with Crippen LogP contribution < -0.4 is 0 Å². The zero-order valence-corrected chi connectivity index (χ0v) is 14.3. The second-order valence-corrected chi connectivity index (χ2v) is 6.18. The third kappa shape index (κ3) is 2.92. The first-order valence-electron chi connectivity index (χ1n) is 8.23. The highest BCUT2D eigenvalue weighted by Gasteiger charge is 2.17. The average molecular weight is 372 g/mol. The number of nitrogens with zero attached hydrogens (tertiary/aromatic N) is 4. The Labute approximate surface area is 152 Å². The Morgan fingerprint density at radius 3 is 2.67 bits per heavy atom. The molecule has 2 heterocycles. The second-order valence-electron chi connectivity index (χ2n) is 6.18. The molecule has 1 N–H and O–H groups in total. The van der Waals surface area contributed by atoms with E-state index in [-0.39, 0.29) is 11.6 Å². The van der Waals surface area contributed by atoms with Gasteiger partial charge in [0.1, 0.15) is 17.2 Å². The summed E-state index contributed by atoms with van der Waals surface area (Å²) in [5, 5.41) is 19.3. The molecule has 0 spiro atoms. The van der Waals surface area contributed by atoms with Crippen LogP contribution in [0.2, 0.25) is 0 Å². The van der Waals surface area contributed by atoms with Crippen LogP contribution in [0.5, 0.6) is 5.88 Å². The summed E-state index contributed by atoms with van der Waals surface area (Å²) >= 11 is 0. The number of aromatic hydroxyl groups is 1. The number of benzene rings is 2. The maximum atomic E-state index is 14.0. The van der Waals surface area contributed by atoms with E-state index in [0.29, 0.717) is 27.7 Å². The van der Waals surface area contributed by atoms with Gasteiger partial charge in [0, 0.05) is 22.5 Å². The Balaban J connectivity index is 1.78. The van der Waals surface area contributed by atoms with Gasteiger partial charge in [-0.1, -0.05) is 23.4 Å². The third-order valence-electron chi connectivity index (χ3n) is 4.44. The van der Waals surface area contributed by atoms with E-state index in [4.69, 9.17) is 0 Å². The molecule has 2 aromatic heterocycles. The van der Waals surface area contributed by atoms with Gasteiger partial charge in [-0.2, -0.15) is 0 Å². The number of fused-ring (bicyclic) bond motifs is 1. The number of hydrogen-bond acceptors (Lipinski definition) is 3. The molecule has 4 aromatic rings. The van der Waals surface area contributed by atoms with Crippen molar-refractivity contribution < 1.29 is 18.3 Å². The molecule has 0 bridgehead atoms. The van der Waals surface area contributed by atoms with Crippen molar-refractivity contribution in [1.29, 1.82) is 0 Å². The van der Waals surface area contributed by atoms with E-state index in [2.05, 4.69) is 10.3 Å². The molecule has 5 nitrogen and oxygen atoms in total. The van der Waals surface area contributed by atoms with Crippen LogP contribution in [0.25, 0.3) is 27.7 Å². The van der Waals surface area contributed by atoms with E-state index in [1.807, 2.05) is 0 Å². The van der Waals surface area contributed by atoms with Gasteiger partial charge in [0.25, 0.3) is 6.43 Å². The van der Waals surface area contributed by atoms with Gasteiger partial charge in [-0.15, -0.1) is 5.10 Å². The van der Waals surface area contributed by atoms with Crippen molar-refractivity contribution in [2.75, 3.05) is 0 Å². The Bertz CT molecular complexity index is 1130. The lowest BCUT2D eigenvalue weighted by atomic mass is 10.1. The molecule has 0 aliphatic heterocycles. The largest absolute Gasteiger partial charge is 0.494 e. The smallest absolute Gasteiger partial charge is 0.256 e. The summed E-state index contributed by atoms with van der Waals surface area (Å²) in [5.41, 5.74) is 2.16. The van der Waals surface area contributed by atoms with Crippen molar-refractivity contribution in [3.05, 3.63) is 60.2 Å². The predicted molar refractivity (Wildman–Crippen MR) is 94.7 cm³/mol. The van der Waals surface area contributed by atoms with Gasteiger partial charge < -0.3 is 9.67 Å². The first kappa shape index (κ1) is 17.1. The molecule has 0 fully saturated rings. The molecule has 138 valence electrons. The summed E-state index contributed by atoms with van der Waals surface area (Å²) in [6, 6.07) is 11.3. The molecule has 2 aromatic carbocycles. The molecular weight excluding hydrogens is 357 g/mol. The molecule has 0 aliphatic rings. The molecule has 0 aliphatic carbocycles. The van der Waals surface area contributed by atoms with Crippen molar-refractivity contribution in [3.63, 3.8) is 0 Å². The van der Waals surface area contributed by atoms with E-state index in [1.165, 1.54) is 16.9 Å². The zero-order chi connectivity index (χ0) is 19.1. The summed E-state index contributed by atoms with van der Waals surface area (Å²) in [6.45, 7) is 1.18. The molecular formula is C19H15F3N4O. The zero-order valence-electron chi connectivity index (χ0n) is 14.3. The molecule has 0 unspecified atom stereocenters. The molecule has 0 saturated carbocycles. The lowest BCUT2D eigenvalue weighted by Crippen LogP contribution is -2.04. The van der Waals surface area contributed by atoms with E-state index in [0.717, 1.165) is 4.57 Å². The predicted octanol–water partition coefficient (Wildman–Crippen LogP) is 4.31. The highest BCUT2D eigenvalue weighted by Crippen LogP contribution is 2.32. The third-order valence-corrected chi connectivity index (χ3v) is 4.44. The second kappa shape index (κ2) is 6.46. The minimum Gasteiger partial charge on any atom is -0.494 e. The standard InChI is InChI=1S/C19H15F3N4O/c1-11-18(23-24-26(11)16-5-3-2-4-15(16)20)12-6-7-14-13(8-12)9-25(19(14)27)10-17(21)22/h2-9,17,27H,10H2,1H3. The van der Waals surface area contributed by atoms with Gasteiger partial charge in [0.15, 0.2) is 5.88 Å². The van der Waals surface area contributed by atoms with Crippen LogP contribution in [0, 0.1) is 12.7 Å². The van der Waals surface area contributed by atoms with Crippen LogP contribution in [0.3, 0.4) is 0 Å². The lowest BCUT2D eigenvalue weighted by molar-refractivity contribution is 0.123. The van der Waals surface area contributed by atoms with Gasteiger partial charge in [0.2, 0.25) is 0 Å². The molecule has 27 heavy (non-hydrogen) atoms. The monoisotopic (exact) mass is 372 g/mol. The minimum absolute atomic E-state index is 0.205. The maximum absolute atomic E-state index is 14.0. The van der Waals surface area contributed by atoms with E-state index >= 15 is 0 Å². The SMILES string of the molecule is Cc1c(-c2ccc3c(O)n(CC(F)F)cc3c2)nnn1-c1ccccc1F. The lowest BCUT2D eigenvalue weighted by Gasteiger charge is -2.05. The van der Waals surface area contributed by atoms with E-state index < -0.39 is 18.8 Å². The minimum atomic E-state index is -2.57. The normalized spacial score (nSPS) is 11.6. The van der Waals surface area contributed by atoms with Crippen molar-refractivity contribution in [3.8, 4) is 22.8 Å². The molecule has 8 heteroatoms. The van der Waals surface area contributed by atoms with Crippen molar-refractivity contribution >= 4 is 10.8 Å². The summed E-state index contributed by atoms with van der Waals surface area (Å²) < 4.78 is 41.8. The molecule has 0 amide bonds. The summed E-state index contributed by atoms with van der Waals surface area (Å²) in [4.78, 5) is 0. The maximum Gasteiger partial charge on any atom is 0.256 e. The number of para-hydroxylation sites is 1. The Morgan fingerprint density at radius 2 is 1.93 bits per heavy atom. The molecule has 0 saturated heterocycles. The fourth-order valence-corrected chi connectivity index (χ4v) is 3.14. The summed E-state index contributed by atoms with van der Waals surface area (Å²) in [6.07, 6.45) is -1.10. The van der Waals surface area contributed by atoms with Gasteiger partial charge in [-0.3, -0.25) is 0 Å². The van der Waals surface area contributed by atoms with Crippen molar-refractivity contribution in [2.24, 2.45) is 0 Å². The van der Waals surface area contributed by atoms with Crippen LogP contribution in [0.4, 0.5) is 13.2 Å². The number of rotatable bonds is 4. The van der Waals surface area contributed by atoms with Crippen LogP contribution in [-0.2, 0) is 6.54 Å². The van der Waals surface area contributed by atoms with Crippen LogP contribution in [-0.4, -0.2) is 31.1 Å². The number of alkyl halides is 2. The Morgan fingerprint density at radius 1 is 1.15 bits per heavy atom.